The van der Waals surface area contributed by atoms with E-state index in [1.54, 1.807) is 6.21 Å². The van der Waals surface area contributed by atoms with Gasteiger partial charge in [-0.15, -0.1) is 0 Å². The second kappa shape index (κ2) is 6.58. The fraction of sp³-hybridized carbons (Fsp3) is 0.471. The van der Waals surface area contributed by atoms with Crippen LogP contribution in [-0.4, -0.2) is 36.6 Å². The summed E-state index contributed by atoms with van der Waals surface area (Å²) in [4.78, 5) is 4.69. The van der Waals surface area contributed by atoms with Crippen LogP contribution in [0.4, 0.5) is 4.39 Å². The first kappa shape index (κ1) is 15.2. The lowest BCUT2D eigenvalue weighted by Gasteiger charge is -2.29. The Hall–Kier alpha value is -1.72. The quantitative estimate of drug-likeness (QED) is 0.649. The zero-order chi connectivity index (χ0) is 15.5. The molecule has 3 rings (SSSR count). The monoisotopic (exact) mass is 304 g/mol. The average Bonchev–Trinajstić information content (AvgIpc) is 2.82. The number of aliphatic hydroxyl groups excluding tert-OH is 1. The molecular formula is C17H21FN2O2. The highest BCUT2D eigenvalue weighted by molar-refractivity contribution is 5.72. The van der Waals surface area contributed by atoms with Gasteiger partial charge in [-0.25, -0.2) is 4.39 Å². The van der Waals surface area contributed by atoms with Gasteiger partial charge in [-0.2, -0.15) is 0 Å². The molecule has 2 bridgehead atoms. The van der Waals surface area contributed by atoms with Crippen molar-refractivity contribution in [2.45, 2.75) is 43.9 Å². The van der Waals surface area contributed by atoms with E-state index < -0.39 is 0 Å². The third kappa shape index (κ3) is 3.05. The third-order valence-electron chi connectivity index (χ3n) is 4.46. The normalized spacial score (nSPS) is 27.7. The Balaban J connectivity index is 1.90. The Morgan fingerprint density at radius 1 is 1.41 bits per heavy atom. The highest BCUT2D eigenvalue weighted by atomic mass is 19.1. The van der Waals surface area contributed by atoms with Crippen LogP contribution in [0.3, 0.4) is 0 Å². The maximum absolute atomic E-state index is 13.2. The lowest BCUT2D eigenvalue weighted by atomic mass is 9.87. The van der Waals surface area contributed by atoms with E-state index in [-0.39, 0.29) is 18.0 Å². The van der Waals surface area contributed by atoms with E-state index in [1.807, 2.05) is 12.1 Å². The second-order valence-corrected chi connectivity index (χ2v) is 5.87. The van der Waals surface area contributed by atoms with Crippen molar-refractivity contribution in [2.75, 3.05) is 7.11 Å². The van der Waals surface area contributed by atoms with E-state index in [1.165, 1.54) is 30.4 Å². The summed E-state index contributed by atoms with van der Waals surface area (Å²) in [6, 6.07) is 6.93. The van der Waals surface area contributed by atoms with Gasteiger partial charge in [-0.1, -0.05) is 17.3 Å². The first-order valence-electron chi connectivity index (χ1n) is 7.66. The molecule has 0 saturated carbocycles. The molecule has 4 nitrogen and oxygen atoms in total. The molecule has 118 valence electrons. The Labute approximate surface area is 129 Å². The Kier molecular flexibility index (Phi) is 4.55. The summed E-state index contributed by atoms with van der Waals surface area (Å²) >= 11 is 0. The van der Waals surface area contributed by atoms with E-state index in [0.29, 0.717) is 6.04 Å². The van der Waals surface area contributed by atoms with Crippen LogP contribution in [0.25, 0.3) is 5.57 Å². The van der Waals surface area contributed by atoms with Crippen LogP contribution in [0.15, 0.2) is 35.0 Å². The van der Waals surface area contributed by atoms with Crippen LogP contribution in [-0.2, 0) is 4.84 Å². The number of aliphatic hydroxyl groups is 1. The summed E-state index contributed by atoms with van der Waals surface area (Å²) in [5, 5.41) is 17.5. The van der Waals surface area contributed by atoms with E-state index in [4.69, 9.17) is 0 Å². The molecule has 1 saturated heterocycles. The minimum absolute atomic E-state index is 0.00486. The molecule has 0 radical (unpaired) electrons. The number of nitrogens with one attached hydrogen (secondary N) is 1. The van der Waals surface area contributed by atoms with E-state index >= 15 is 0 Å². The molecule has 3 unspecified atom stereocenters. The first-order chi connectivity index (χ1) is 10.7. The van der Waals surface area contributed by atoms with Gasteiger partial charge in [0, 0.05) is 12.3 Å². The van der Waals surface area contributed by atoms with Crippen LogP contribution in [0.2, 0.25) is 0 Å². The molecule has 0 aliphatic carbocycles. The van der Waals surface area contributed by atoms with Gasteiger partial charge in [0.25, 0.3) is 0 Å². The van der Waals surface area contributed by atoms with Crippen molar-refractivity contribution in [3.63, 3.8) is 0 Å². The standard InChI is InChI=1S/C17H21FN2O2/c1-22-19-8-2-3-14-15(11-4-6-12(18)7-5-11)9-13-10-16(21)17(14)20-13/h4-8,13,16-17,20-21H,2-3,9-10H2,1H3. The molecule has 2 aliphatic heterocycles. The minimum atomic E-state index is -0.350. The number of rotatable bonds is 5. The van der Waals surface area contributed by atoms with Crippen molar-refractivity contribution in [2.24, 2.45) is 5.16 Å². The zero-order valence-corrected chi connectivity index (χ0v) is 12.6. The highest BCUT2D eigenvalue weighted by Gasteiger charge is 2.40. The summed E-state index contributed by atoms with van der Waals surface area (Å²) in [6.07, 6.45) is 4.59. The minimum Gasteiger partial charge on any atom is -0.399 e. The smallest absolute Gasteiger partial charge is 0.123 e. The number of benzene rings is 1. The van der Waals surface area contributed by atoms with Crippen LogP contribution in [0.1, 0.15) is 31.2 Å². The van der Waals surface area contributed by atoms with Crippen molar-refractivity contribution in [1.82, 2.24) is 5.32 Å². The van der Waals surface area contributed by atoms with Crippen LogP contribution >= 0.6 is 0 Å². The van der Waals surface area contributed by atoms with Crippen molar-refractivity contribution in [1.29, 1.82) is 0 Å². The largest absolute Gasteiger partial charge is 0.399 e. The Bertz CT molecular complexity index is 583. The van der Waals surface area contributed by atoms with Crippen molar-refractivity contribution >= 4 is 11.8 Å². The van der Waals surface area contributed by atoms with Crippen molar-refractivity contribution in [3.8, 4) is 0 Å². The van der Waals surface area contributed by atoms with Gasteiger partial charge in [0.15, 0.2) is 0 Å². The van der Waals surface area contributed by atoms with E-state index in [2.05, 4.69) is 15.3 Å². The molecule has 1 aromatic rings. The average molecular weight is 304 g/mol. The predicted molar refractivity (Wildman–Crippen MR) is 84.0 cm³/mol. The molecule has 2 aliphatic rings. The van der Waals surface area contributed by atoms with Crippen molar-refractivity contribution < 1.29 is 14.3 Å². The molecule has 3 atom stereocenters. The number of oxime groups is 1. The van der Waals surface area contributed by atoms with Crippen LogP contribution in [0, 0.1) is 5.82 Å². The molecule has 1 fully saturated rings. The van der Waals surface area contributed by atoms with Crippen LogP contribution < -0.4 is 5.32 Å². The molecule has 2 N–H and O–H groups in total. The van der Waals surface area contributed by atoms with Gasteiger partial charge >= 0.3 is 0 Å². The zero-order valence-electron chi connectivity index (χ0n) is 12.6. The first-order valence-corrected chi connectivity index (χ1v) is 7.66. The predicted octanol–water partition coefficient (Wildman–Crippen LogP) is 2.49. The molecule has 0 aromatic heterocycles. The van der Waals surface area contributed by atoms with Gasteiger partial charge in [-0.05, 0) is 54.5 Å². The summed E-state index contributed by atoms with van der Waals surface area (Å²) in [5.41, 5.74) is 3.48. The maximum atomic E-state index is 13.2. The fourth-order valence-electron chi connectivity index (χ4n) is 3.51. The molecular weight excluding hydrogens is 283 g/mol. The summed E-state index contributed by atoms with van der Waals surface area (Å²) in [5.74, 6) is -0.227. The SMILES string of the molecule is CON=CCCC1=C(c2ccc(F)cc2)CC2CC(O)C1N2. The number of hydrogen-bond donors (Lipinski definition) is 2. The highest BCUT2D eigenvalue weighted by Crippen LogP contribution is 2.39. The Morgan fingerprint density at radius 2 is 2.18 bits per heavy atom. The summed E-state index contributed by atoms with van der Waals surface area (Å²) < 4.78 is 13.2. The number of nitrogens with zero attached hydrogens (tertiary/aromatic N) is 1. The summed E-state index contributed by atoms with van der Waals surface area (Å²) in [7, 11) is 1.52. The van der Waals surface area contributed by atoms with E-state index in [9.17, 15) is 9.50 Å². The number of halogens is 1. The molecule has 2 heterocycles. The van der Waals surface area contributed by atoms with Crippen molar-refractivity contribution in [3.05, 3.63) is 41.2 Å². The lowest BCUT2D eigenvalue weighted by Crippen LogP contribution is -2.39. The molecule has 1 aromatic carbocycles. The van der Waals surface area contributed by atoms with Gasteiger partial charge in [0.2, 0.25) is 0 Å². The topological polar surface area (TPSA) is 53.9 Å². The molecule has 5 heteroatoms. The molecule has 0 spiro atoms. The van der Waals surface area contributed by atoms with E-state index in [0.717, 1.165) is 31.2 Å². The van der Waals surface area contributed by atoms with Crippen LogP contribution in [0.5, 0.6) is 0 Å². The van der Waals surface area contributed by atoms with Gasteiger partial charge in [0.05, 0.1) is 12.1 Å². The molecule has 0 amide bonds. The van der Waals surface area contributed by atoms with Gasteiger partial charge in [-0.3, -0.25) is 0 Å². The maximum Gasteiger partial charge on any atom is 0.123 e. The van der Waals surface area contributed by atoms with Gasteiger partial charge in [0.1, 0.15) is 12.9 Å². The molecule has 22 heavy (non-hydrogen) atoms. The second-order valence-electron chi connectivity index (χ2n) is 5.87. The Morgan fingerprint density at radius 3 is 2.91 bits per heavy atom. The fourth-order valence-corrected chi connectivity index (χ4v) is 3.51. The number of hydrogen-bond acceptors (Lipinski definition) is 4. The third-order valence-corrected chi connectivity index (χ3v) is 4.46. The summed E-state index contributed by atoms with van der Waals surface area (Å²) in [6.45, 7) is 0. The lowest BCUT2D eigenvalue weighted by molar-refractivity contribution is 0.170. The number of fused-ring (bicyclic) bond motifs is 2. The van der Waals surface area contributed by atoms with Gasteiger partial charge < -0.3 is 15.3 Å².